The van der Waals surface area contributed by atoms with Gasteiger partial charge in [0.2, 0.25) is 0 Å². The topological polar surface area (TPSA) is 74.6 Å². The van der Waals surface area contributed by atoms with Crippen LogP contribution in [-0.4, -0.2) is 22.2 Å². The molecule has 0 heterocycles. The maximum Gasteiger partial charge on any atom is 0.335 e. The fraction of sp³-hybridized carbons (Fsp3) is 0. The van der Waals surface area contributed by atoms with Crippen molar-refractivity contribution in [2.75, 3.05) is 0 Å². The number of carbonyl (C=O) groups is 2. The molecule has 32 heavy (non-hydrogen) atoms. The number of hydrogen-bond donors (Lipinski definition) is 2. The first-order chi connectivity index (χ1) is 15.5. The predicted octanol–water partition coefficient (Wildman–Crippen LogP) is 5.82. The summed E-state index contributed by atoms with van der Waals surface area (Å²) in [5, 5.41) is 18.8. The van der Waals surface area contributed by atoms with E-state index in [0.29, 0.717) is 16.7 Å². The summed E-state index contributed by atoms with van der Waals surface area (Å²) in [6.45, 7) is 0. The average Bonchev–Trinajstić information content (AvgIpc) is 2.83. The van der Waals surface area contributed by atoms with Crippen LogP contribution in [0.4, 0.5) is 0 Å². The van der Waals surface area contributed by atoms with Gasteiger partial charge in [0.25, 0.3) is 0 Å². The van der Waals surface area contributed by atoms with Crippen LogP contribution in [0, 0.1) is 11.8 Å². The first kappa shape index (κ1) is 20.6. The molecular formula is C28H18O4. The third-order valence-corrected chi connectivity index (χ3v) is 4.98. The molecule has 154 valence electrons. The van der Waals surface area contributed by atoms with Gasteiger partial charge in [-0.1, -0.05) is 72.5 Å². The third kappa shape index (κ3) is 4.58. The van der Waals surface area contributed by atoms with Crippen molar-refractivity contribution in [3.05, 3.63) is 119 Å². The average molecular weight is 418 g/mol. The number of aromatic carboxylic acids is 2. The Morgan fingerprint density at radius 3 is 1.88 bits per heavy atom. The van der Waals surface area contributed by atoms with Crippen LogP contribution < -0.4 is 0 Å². The number of rotatable bonds is 4. The molecule has 0 unspecified atom stereocenters. The zero-order valence-electron chi connectivity index (χ0n) is 16.9. The molecule has 0 aromatic heterocycles. The Balaban J connectivity index is 1.75. The van der Waals surface area contributed by atoms with Crippen LogP contribution in [0.5, 0.6) is 0 Å². The van der Waals surface area contributed by atoms with Crippen molar-refractivity contribution in [3.8, 4) is 34.1 Å². The Morgan fingerprint density at radius 1 is 0.562 bits per heavy atom. The van der Waals surface area contributed by atoms with Gasteiger partial charge in [-0.2, -0.15) is 0 Å². The molecule has 4 nitrogen and oxygen atoms in total. The summed E-state index contributed by atoms with van der Waals surface area (Å²) in [5.41, 5.74) is 4.67. The van der Waals surface area contributed by atoms with Gasteiger partial charge in [-0.25, -0.2) is 9.59 Å². The van der Waals surface area contributed by atoms with E-state index in [1.165, 1.54) is 12.1 Å². The van der Waals surface area contributed by atoms with E-state index in [4.69, 9.17) is 0 Å². The van der Waals surface area contributed by atoms with E-state index < -0.39 is 11.9 Å². The molecule has 0 bridgehead atoms. The normalized spacial score (nSPS) is 10.1. The molecule has 0 aliphatic rings. The highest BCUT2D eigenvalue weighted by Gasteiger charge is 2.13. The van der Waals surface area contributed by atoms with Gasteiger partial charge in [-0.15, -0.1) is 0 Å². The SMILES string of the molecule is O=C(O)c1cc(C(=O)O)cc(-c2ccccc2C#Cc2cccc(-c3ccccc3)c2)c1. The second-order valence-electron chi connectivity index (χ2n) is 7.15. The lowest BCUT2D eigenvalue weighted by Crippen LogP contribution is -2.03. The molecule has 0 spiro atoms. The molecule has 4 heteroatoms. The largest absolute Gasteiger partial charge is 0.478 e. The number of hydrogen-bond acceptors (Lipinski definition) is 2. The Kier molecular flexibility index (Phi) is 5.83. The molecule has 0 amide bonds. The fourth-order valence-corrected chi connectivity index (χ4v) is 3.42. The first-order valence-electron chi connectivity index (χ1n) is 9.90. The lowest BCUT2D eigenvalue weighted by atomic mass is 9.95. The lowest BCUT2D eigenvalue weighted by Gasteiger charge is -2.08. The second kappa shape index (κ2) is 9.03. The maximum atomic E-state index is 11.5. The molecule has 0 radical (unpaired) electrons. The fourth-order valence-electron chi connectivity index (χ4n) is 3.42. The number of carboxylic acids is 2. The van der Waals surface area contributed by atoms with Crippen molar-refractivity contribution in [1.82, 2.24) is 0 Å². The number of carboxylic acid groups (broad SMARTS) is 2. The molecule has 0 atom stereocenters. The van der Waals surface area contributed by atoms with Gasteiger partial charge in [0.1, 0.15) is 0 Å². The minimum atomic E-state index is -1.18. The smallest absolute Gasteiger partial charge is 0.335 e. The molecule has 4 aromatic rings. The Bertz CT molecular complexity index is 1340. The van der Waals surface area contributed by atoms with Gasteiger partial charge in [0, 0.05) is 11.1 Å². The minimum absolute atomic E-state index is 0.0850. The van der Waals surface area contributed by atoms with E-state index in [1.54, 1.807) is 6.07 Å². The Labute approximate surface area is 185 Å². The van der Waals surface area contributed by atoms with Crippen molar-refractivity contribution in [2.24, 2.45) is 0 Å². The zero-order valence-corrected chi connectivity index (χ0v) is 16.9. The third-order valence-electron chi connectivity index (χ3n) is 4.98. The van der Waals surface area contributed by atoms with E-state index >= 15 is 0 Å². The predicted molar refractivity (Wildman–Crippen MR) is 124 cm³/mol. The van der Waals surface area contributed by atoms with Crippen molar-refractivity contribution in [1.29, 1.82) is 0 Å². The van der Waals surface area contributed by atoms with Gasteiger partial charge in [-0.05, 0) is 58.7 Å². The first-order valence-corrected chi connectivity index (χ1v) is 9.90. The van der Waals surface area contributed by atoms with Gasteiger partial charge >= 0.3 is 11.9 Å². The minimum Gasteiger partial charge on any atom is -0.478 e. The highest BCUT2D eigenvalue weighted by molar-refractivity contribution is 5.96. The monoisotopic (exact) mass is 418 g/mol. The van der Waals surface area contributed by atoms with Gasteiger partial charge in [0.15, 0.2) is 0 Å². The summed E-state index contributed by atoms with van der Waals surface area (Å²) in [4.78, 5) is 23.0. The van der Waals surface area contributed by atoms with Crippen molar-refractivity contribution >= 4 is 11.9 Å². The summed E-state index contributed by atoms with van der Waals surface area (Å²) in [6, 6.07) is 29.3. The molecule has 0 aliphatic carbocycles. The van der Waals surface area contributed by atoms with Crippen molar-refractivity contribution in [2.45, 2.75) is 0 Å². The molecule has 0 fully saturated rings. The van der Waals surface area contributed by atoms with E-state index in [0.717, 1.165) is 22.8 Å². The van der Waals surface area contributed by atoms with Crippen LogP contribution in [0.3, 0.4) is 0 Å². The van der Waals surface area contributed by atoms with Crippen LogP contribution in [0.2, 0.25) is 0 Å². The van der Waals surface area contributed by atoms with E-state index in [-0.39, 0.29) is 11.1 Å². The molecular weight excluding hydrogens is 400 g/mol. The van der Waals surface area contributed by atoms with Crippen molar-refractivity contribution in [3.63, 3.8) is 0 Å². The summed E-state index contributed by atoms with van der Waals surface area (Å²) in [6.07, 6.45) is 0. The van der Waals surface area contributed by atoms with Gasteiger partial charge in [-0.3, -0.25) is 0 Å². The van der Waals surface area contributed by atoms with E-state index in [2.05, 4.69) is 11.8 Å². The van der Waals surface area contributed by atoms with Crippen LogP contribution in [0.15, 0.2) is 97.1 Å². The van der Waals surface area contributed by atoms with Crippen LogP contribution in [0.25, 0.3) is 22.3 Å². The summed E-state index contributed by atoms with van der Waals surface area (Å²) in [5.74, 6) is 3.96. The quantitative estimate of drug-likeness (QED) is 0.410. The standard InChI is InChI=1S/C28H18O4/c29-27(30)24-16-23(17-25(18-24)28(31)32)26-12-5-4-10-21(26)14-13-19-7-6-11-22(15-19)20-8-2-1-3-9-20/h1-12,15-18H,(H,29,30)(H,31,32). The maximum absolute atomic E-state index is 11.5. The van der Waals surface area contributed by atoms with Crippen LogP contribution >= 0.6 is 0 Å². The van der Waals surface area contributed by atoms with Gasteiger partial charge < -0.3 is 10.2 Å². The summed E-state index contributed by atoms with van der Waals surface area (Å²) in [7, 11) is 0. The highest BCUT2D eigenvalue weighted by Crippen LogP contribution is 2.26. The molecule has 4 rings (SSSR count). The number of benzene rings is 4. The second-order valence-corrected chi connectivity index (χ2v) is 7.15. The molecule has 2 N–H and O–H groups in total. The van der Waals surface area contributed by atoms with Crippen molar-refractivity contribution < 1.29 is 19.8 Å². The lowest BCUT2D eigenvalue weighted by molar-refractivity contribution is 0.0696. The molecule has 0 saturated heterocycles. The highest BCUT2D eigenvalue weighted by atomic mass is 16.4. The zero-order chi connectivity index (χ0) is 22.5. The Hall–Kier alpha value is -4.62. The van der Waals surface area contributed by atoms with Gasteiger partial charge in [0.05, 0.1) is 11.1 Å². The van der Waals surface area contributed by atoms with E-state index in [1.807, 2.05) is 72.8 Å². The summed E-state index contributed by atoms with van der Waals surface area (Å²) < 4.78 is 0. The summed E-state index contributed by atoms with van der Waals surface area (Å²) >= 11 is 0. The molecule has 0 aliphatic heterocycles. The van der Waals surface area contributed by atoms with E-state index in [9.17, 15) is 19.8 Å². The molecule has 0 saturated carbocycles. The Morgan fingerprint density at radius 2 is 1.19 bits per heavy atom. The van der Waals surface area contributed by atoms with Crippen LogP contribution in [-0.2, 0) is 0 Å². The molecule has 4 aromatic carbocycles. The van der Waals surface area contributed by atoms with Crippen LogP contribution in [0.1, 0.15) is 31.8 Å².